The Morgan fingerprint density at radius 3 is 2.09 bits per heavy atom. The van der Waals surface area contributed by atoms with E-state index in [0.29, 0.717) is 42.6 Å². The normalized spacial score (nSPS) is 60.5. The van der Waals surface area contributed by atoms with E-state index in [2.05, 4.69) is 27.7 Å². The number of ether oxygens (including phenoxy) is 6. The quantitative estimate of drug-likeness (QED) is 0.180. The summed E-state index contributed by atoms with van der Waals surface area (Å²) >= 11 is 0. The van der Waals surface area contributed by atoms with E-state index in [-0.39, 0.29) is 40.3 Å². The van der Waals surface area contributed by atoms with Crippen molar-refractivity contribution in [2.75, 3.05) is 13.7 Å². The Labute approximate surface area is 313 Å². The Hall–Kier alpha value is -0.520. The molecule has 304 valence electrons. The van der Waals surface area contributed by atoms with Crippen LogP contribution in [0.2, 0.25) is 0 Å². The molecule has 0 amide bonds. The third kappa shape index (κ3) is 5.57. The van der Waals surface area contributed by atoms with Crippen LogP contribution in [0.15, 0.2) is 0 Å². The first-order valence-corrected chi connectivity index (χ1v) is 20.5. The fourth-order valence-electron chi connectivity index (χ4n) is 14.0. The second kappa shape index (κ2) is 13.5. The smallest absolute Gasteiger partial charge is 0.186 e. The summed E-state index contributed by atoms with van der Waals surface area (Å²) in [6, 6.07) is 0. The van der Waals surface area contributed by atoms with Gasteiger partial charge in [0, 0.05) is 30.3 Å². The molecule has 13 nitrogen and oxygen atoms in total. The molecule has 5 saturated carbocycles. The van der Waals surface area contributed by atoms with Crippen molar-refractivity contribution in [1.82, 2.24) is 0 Å². The first-order valence-electron chi connectivity index (χ1n) is 20.5. The fourth-order valence-corrected chi connectivity index (χ4v) is 14.0. The maximum Gasteiger partial charge on any atom is 0.186 e. The molecular formula is C40H66O13. The van der Waals surface area contributed by atoms with E-state index in [4.69, 9.17) is 28.4 Å². The van der Waals surface area contributed by atoms with E-state index in [1.807, 2.05) is 0 Å². The topological polar surface area (TPSA) is 197 Å². The van der Waals surface area contributed by atoms with E-state index in [9.17, 15) is 35.7 Å². The van der Waals surface area contributed by atoms with Crippen LogP contribution >= 0.6 is 0 Å². The minimum absolute atomic E-state index is 0.00760. The van der Waals surface area contributed by atoms with Crippen molar-refractivity contribution in [3.8, 4) is 0 Å². The third-order valence-electron chi connectivity index (χ3n) is 17.1. The molecule has 3 saturated heterocycles. The van der Waals surface area contributed by atoms with Gasteiger partial charge in [0.05, 0.1) is 37.1 Å². The maximum absolute atomic E-state index is 12.0. The van der Waals surface area contributed by atoms with Crippen molar-refractivity contribution < 1.29 is 64.2 Å². The van der Waals surface area contributed by atoms with Gasteiger partial charge in [-0.15, -0.1) is 0 Å². The Balaban J connectivity index is 0.946. The Kier molecular flexibility index (Phi) is 10.0. The molecule has 24 unspecified atom stereocenters. The lowest BCUT2D eigenvalue weighted by molar-refractivity contribution is -0.321. The summed E-state index contributed by atoms with van der Waals surface area (Å²) in [5.74, 6) is 1.14. The van der Waals surface area contributed by atoms with E-state index in [1.54, 1.807) is 21.0 Å². The predicted octanol–water partition coefficient (Wildman–Crippen LogP) is 1.69. The minimum Gasteiger partial charge on any atom is -0.393 e. The van der Waals surface area contributed by atoms with Gasteiger partial charge in [-0.25, -0.2) is 0 Å². The second-order valence-electron chi connectivity index (χ2n) is 19.3. The molecule has 8 rings (SSSR count). The maximum atomic E-state index is 12.0. The Morgan fingerprint density at radius 1 is 0.792 bits per heavy atom. The van der Waals surface area contributed by atoms with Crippen LogP contribution in [0.1, 0.15) is 92.9 Å². The summed E-state index contributed by atoms with van der Waals surface area (Å²) in [5, 5.41) is 74.4. The van der Waals surface area contributed by atoms with Gasteiger partial charge in [0.25, 0.3) is 0 Å². The van der Waals surface area contributed by atoms with Gasteiger partial charge in [0.1, 0.15) is 36.6 Å². The predicted molar refractivity (Wildman–Crippen MR) is 188 cm³/mol. The van der Waals surface area contributed by atoms with E-state index < -0.39 is 73.3 Å². The van der Waals surface area contributed by atoms with Crippen molar-refractivity contribution in [1.29, 1.82) is 0 Å². The van der Waals surface area contributed by atoms with Crippen molar-refractivity contribution in [2.45, 2.75) is 178 Å². The average Bonchev–Trinajstić information content (AvgIpc) is 3.57. The molecule has 1 spiro atoms. The molecule has 0 aromatic heterocycles. The Morgan fingerprint density at radius 2 is 1.43 bits per heavy atom. The molecule has 7 N–H and O–H groups in total. The molecule has 8 fully saturated rings. The van der Waals surface area contributed by atoms with Gasteiger partial charge < -0.3 is 64.2 Å². The van der Waals surface area contributed by atoms with Crippen LogP contribution in [0.4, 0.5) is 0 Å². The largest absolute Gasteiger partial charge is 0.393 e. The highest BCUT2D eigenvalue weighted by Gasteiger charge is 2.81. The summed E-state index contributed by atoms with van der Waals surface area (Å²) in [6.07, 6.45) is -4.76. The molecule has 0 aromatic rings. The van der Waals surface area contributed by atoms with Gasteiger partial charge >= 0.3 is 0 Å². The van der Waals surface area contributed by atoms with Crippen LogP contribution in [-0.4, -0.2) is 135 Å². The zero-order valence-corrected chi connectivity index (χ0v) is 32.5. The van der Waals surface area contributed by atoms with Crippen LogP contribution in [-0.2, 0) is 28.4 Å². The van der Waals surface area contributed by atoms with Gasteiger partial charge in [-0.05, 0) is 99.7 Å². The molecule has 5 aliphatic carbocycles. The van der Waals surface area contributed by atoms with Gasteiger partial charge in [-0.3, -0.25) is 0 Å². The van der Waals surface area contributed by atoms with Gasteiger partial charge in [0.15, 0.2) is 18.4 Å². The van der Waals surface area contributed by atoms with Crippen LogP contribution < -0.4 is 0 Å². The van der Waals surface area contributed by atoms with E-state index >= 15 is 0 Å². The first kappa shape index (κ1) is 39.3. The standard InChI is InChI=1S/C40H66O13/c1-17(16-49-35-33(46)31(44)29(42)19(3)50-35)8-11-40(48-7)18(2)28-25(53-40)14-24-22-13-26(41)39-15-21(39)12-27(38(39,6)23(22)9-10-37(24,28)5)52-36-34(47)32(45)30(43)20(4)51-36/h17-36,41-47H,8-16H2,1-7H3. The van der Waals surface area contributed by atoms with Gasteiger partial charge in [-0.2, -0.15) is 0 Å². The molecule has 13 heteroatoms. The molecule has 0 bridgehead atoms. The van der Waals surface area contributed by atoms with Crippen molar-refractivity contribution in [3.63, 3.8) is 0 Å². The van der Waals surface area contributed by atoms with Crippen molar-refractivity contribution >= 4 is 0 Å². The highest BCUT2D eigenvalue weighted by atomic mass is 16.7. The summed E-state index contributed by atoms with van der Waals surface area (Å²) in [6.45, 7) is 12.8. The molecule has 0 radical (unpaired) electrons. The van der Waals surface area contributed by atoms with Crippen LogP contribution in [0, 0.1) is 57.7 Å². The molecule has 0 aromatic carbocycles. The number of rotatable bonds is 9. The van der Waals surface area contributed by atoms with Crippen molar-refractivity contribution in [2.24, 2.45) is 57.7 Å². The summed E-state index contributed by atoms with van der Waals surface area (Å²) in [4.78, 5) is 0. The van der Waals surface area contributed by atoms with Crippen LogP contribution in [0.3, 0.4) is 0 Å². The SMILES string of the molecule is COC1(CCC(C)COC2OC(C)C(O)C(O)C2O)OC2CC3C4CC(O)C56CC5CC(OC5OC(C)C(O)C(O)C5O)C6(C)C4CCC3(C)C2C1C. The molecule has 3 heterocycles. The number of fused-ring (bicyclic) bond motifs is 6. The monoisotopic (exact) mass is 754 g/mol. The molecule has 8 aliphatic rings. The number of aliphatic hydroxyl groups excluding tert-OH is 7. The van der Waals surface area contributed by atoms with Crippen LogP contribution in [0.25, 0.3) is 0 Å². The van der Waals surface area contributed by atoms with E-state index in [1.165, 1.54) is 0 Å². The lowest BCUT2D eigenvalue weighted by Crippen LogP contribution is -2.62. The summed E-state index contributed by atoms with van der Waals surface area (Å²) < 4.78 is 37.5. The first-order chi connectivity index (χ1) is 24.9. The fraction of sp³-hybridized carbons (Fsp3) is 1.00. The average molecular weight is 755 g/mol. The second-order valence-corrected chi connectivity index (χ2v) is 19.3. The molecular weight excluding hydrogens is 688 g/mol. The zero-order valence-electron chi connectivity index (χ0n) is 32.5. The minimum atomic E-state index is -1.35. The lowest BCUT2D eigenvalue weighted by Gasteiger charge is -2.62. The van der Waals surface area contributed by atoms with Gasteiger partial charge in [0.2, 0.25) is 0 Å². The number of methoxy groups -OCH3 is 1. The molecule has 53 heavy (non-hydrogen) atoms. The van der Waals surface area contributed by atoms with Crippen LogP contribution in [0.5, 0.6) is 0 Å². The van der Waals surface area contributed by atoms with Gasteiger partial charge in [-0.1, -0.05) is 27.7 Å². The van der Waals surface area contributed by atoms with E-state index in [0.717, 1.165) is 44.9 Å². The summed E-state index contributed by atoms with van der Waals surface area (Å²) in [5.41, 5.74) is -0.518. The molecule has 3 aliphatic heterocycles. The number of hydrogen-bond acceptors (Lipinski definition) is 13. The third-order valence-corrected chi connectivity index (χ3v) is 17.1. The van der Waals surface area contributed by atoms with Crippen molar-refractivity contribution in [3.05, 3.63) is 0 Å². The number of aliphatic hydroxyl groups is 7. The number of hydrogen-bond donors (Lipinski definition) is 7. The lowest BCUT2D eigenvalue weighted by atomic mass is 9.44. The zero-order chi connectivity index (χ0) is 38.2. The highest BCUT2D eigenvalue weighted by Crippen LogP contribution is 2.82. The highest BCUT2D eigenvalue weighted by molar-refractivity contribution is 5.29. The summed E-state index contributed by atoms with van der Waals surface area (Å²) in [7, 11) is 1.74. The Bertz CT molecular complexity index is 1360. The molecule has 24 atom stereocenters.